The van der Waals surface area contributed by atoms with Crippen LogP contribution in [0.4, 0.5) is 5.82 Å². The fraction of sp³-hybridized carbons (Fsp3) is 0. The van der Waals surface area contributed by atoms with Crippen LogP contribution in [-0.4, -0.2) is 9.59 Å². The van der Waals surface area contributed by atoms with Gasteiger partial charge in [-0.15, -0.1) is 17.5 Å². The third-order valence-corrected chi connectivity index (χ3v) is 0.900. The molecule has 0 atom stereocenters. The molecule has 0 fully saturated rings. The lowest BCUT2D eigenvalue weighted by molar-refractivity contribution is 1.17. The minimum atomic E-state index is 0. The van der Waals surface area contributed by atoms with E-state index in [9.17, 15) is 0 Å². The maximum atomic E-state index is 5.11. The zero-order valence-electron chi connectivity index (χ0n) is 3.37. The molecule has 0 aliphatic carbocycles. The number of nitrogens with zero attached hydrogens (tertiary/aromatic N) is 2. The van der Waals surface area contributed by atoms with E-state index >= 15 is 0 Å². The molecule has 0 radical (unpaired) electrons. The Bertz CT molecular complexity index is 116. The van der Waals surface area contributed by atoms with Crippen LogP contribution in [0.1, 0.15) is 0 Å². The quantitative estimate of drug-likeness (QED) is 0.568. The van der Waals surface area contributed by atoms with Gasteiger partial charge in [0, 0.05) is 0 Å². The van der Waals surface area contributed by atoms with Gasteiger partial charge in [-0.05, 0) is 11.5 Å². The highest BCUT2D eigenvalue weighted by molar-refractivity contribution is 7.03. The van der Waals surface area contributed by atoms with Crippen molar-refractivity contribution in [3.8, 4) is 0 Å². The Labute approximate surface area is 51.1 Å². The van der Waals surface area contributed by atoms with Crippen molar-refractivity contribution in [3.63, 3.8) is 0 Å². The van der Waals surface area contributed by atoms with Crippen LogP contribution >= 0.6 is 23.9 Å². The minimum absolute atomic E-state index is 0. The predicted molar refractivity (Wildman–Crippen MR) is 31.6 cm³/mol. The number of hydrogen-bond donors (Lipinski definition) is 1. The zero-order valence-corrected chi connectivity index (χ0v) is 5.00. The Kier molecular flexibility index (Phi) is 2.62. The van der Waals surface area contributed by atoms with Crippen molar-refractivity contribution in [1.29, 1.82) is 0 Å². The standard InChI is InChI=1S/C2H3N3S.ClH/c3-2-1-6-5-4-2;/h1H,3H2;1H. The largest absolute Gasteiger partial charge is 0.381 e. The second-order valence-corrected chi connectivity index (χ2v) is 1.44. The molecule has 0 bridgehead atoms. The van der Waals surface area contributed by atoms with Crippen LogP contribution in [0.25, 0.3) is 0 Å². The molecule has 40 valence electrons. The van der Waals surface area contributed by atoms with Crippen LogP contribution in [0, 0.1) is 0 Å². The first kappa shape index (κ1) is 6.65. The van der Waals surface area contributed by atoms with Crippen LogP contribution < -0.4 is 5.73 Å². The molecule has 2 N–H and O–H groups in total. The highest BCUT2D eigenvalue weighted by Crippen LogP contribution is 1.94. The second kappa shape index (κ2) is 2.76. The summed E-state index contributed by atoms with van der Waals surface area (Å²) >= 11 is 1.25. The number of nitrogens with two attached hydrogens (primary N) is 1. The van der Waals surface area contributed by atoms with Crippen LogP contribution in [0.5, 0.6) is 0 Å². The third-order valence-electron chi connectivity index (χ3n) is 0.377. The lowest BCUT2D eigenvalue weighted by atomic mass is 10.9. The van der Waals surface area contributed by atoms with Crippen molar-refractivity contribution in [1.82, 2.24) is 9.59 Å². The molecule has 0 spiro atoms. The van der Waals surface area contributed by atoms with E-state index in [0.717, 1.165) is 0 Å². The van der Waals surface area contributed by atoms with Crippen molar-refractivity contribution in [2.45, 2.75) is 0 Å². The highest BCUT2D eigenvalue weighted by atomic mass is 35.5. The lowest BCUT2D eigenvalue weighted by Crippen LogP contribution is -1.81. The fourth-order valence-electron chi connectivity index (χ4n) is 0.172. The molecule has 1 rings (SSSR count). The molecule has 3 nitrogen and oxygen atoms in total. The molecule has 0 saturated heterocycles. The van der Waals surface area contributed by atoms with Gasteiger partial charge in [0.05, 0.1) is 5.38 Å². The van der Waals surface area contributed by atoms with Crippen molar-refractivity contribution < 1.29 is 0 Å². The Morgan fingerprint density at radius 3 is 2.57 bits per heavy atom. The van der Waals surface area contributed by atoms with Crippen LogP contribution in [0.3, 0.4) is 0 Å². The average Bonchev–Trinajstić information content (AvgIpc) is 1.86. The Morgan fingerprint density at radius 1 is 1.71 bits per heavy atom. The van der Waals surface area contributed by atoms with Gasteiger partial charge < -0.3 is 5.73 Å². The van der Waals surface area contributed by atoms with E-state index in [0.29, 0.717) is 5.82 Å². The molecule has 0 aromatic carbocycles. The van der Waals surface area contributed by atoms with Gasteiger partial charge in [0.25, 0.3) is 0 Å². The summed E-state index contributed by atoms with van der Waals surface area (Å²) in [7, 11) is 0. The van der Waals surface area contributed by atoms with E-state index in [2.05, 4.69) is 9.59 Å². The first-order valence-corrected chi connectivity index (χ1v) is 2.26. The van der Waals surface area contributed by atoms with Crippen LogP contribution in [0.15, 0.2) is 5.38 Å². The van der Waals surface area contributed by atoms with Crippen LogP contribution in [0.2, 0.25) is 0 Å². The molecule has 0 aliphatic rings. The van der Waals surface area contributed by atoms with Gasteiger partial charge in [-0.1, -0.05) is 4.49 Å². The third kappa shape index (κ3) is 1.70. The SMILES string of the molecule is Cl.Nc1csnn1. The van der Waals surface area contributed by atoms with Gasteiger partial charge in [-0.25, -0.2) is 0 Å². The summed E-state index contributed by atoms with van der Waals surface area (Å²) in [6.45, 7) is 0. The molecular formula is C2H4ClN3S. The van der Waals surface area contributed by atoms with Gasteiger partial charge >= 0.3 is 0 Å². The maximum absolute atomic E-state index is 5.11. The molecule has 0 amide bonds. The van der Waals surface area contributed by atoms with E-state index < -0.39 is 0 Å². The molecule has 0 aliphatic heterocycles. The number of nitrogen functional groups attached to an aromatic ring is 1. The van der Waals surface area contributed by atoms with Crippen molar-refractivity contribution >= 4 is 29.8 Å². The summed E-state index contributed by atoms with van der Waals surface area (Å²) in [4.78, 5) is 0. The molecule has 0 saturated carbocycles. The number of rotatable bonds is 0. The van der Waals surface area contributed by atoms with E-state index in [1.807, 2.05) is 0 Å². The molecule has 0 unspecified atom stereocenters. The summed E-state index contributed by atoms with van der Waals surface area (Å²) in [6.07, 6.45) is 0. The number of halogens is 1. The number of anilines is 1. The Morgan fingerprint density at radius 2 is 2.43 bits per heavy atom. The summed E-state index contributed by atoms with van der Waals surface area (Å²) in [5.41, 5.74) is 5.11. The van der Waals surface area contributed by atoms with Gasteiger partial charge in [-0.2, -0.15) is 0 Å². The summed E-state index contributed by atoms with van der Waals surface area (Å²) in [5, 5.41) is 5.14. The Balaban J connectivity index is 0.000000360. The minimum Gasteiger partial charge on any atom is -0.381 e. The van der Waals surface area contributed by atoms with Gasteiger partial charge in [0.15, 0.2) is 5.82 Å². The lowest BCUT2D eigenvalue weighted by Gasteiger charge is -1.64. The van der Waals surface area contributed by atoms with E-state index in [4.69, 9.17) is 5.73 Å². The number of aromatic nitrogens is 2. The zero-order chi connectivity index (χ0) is 4.41. The topological polar surface area (TPSA) is 51.8 Å². The highest BCUT2D eigenvalue weighted by Gasteiger charge is 1.78. The second-order valence-electron chi connectivity index (χ2n) is 0.830. The van der Waals surface area contributed by atoms with Gasteiger partial charge in [0.1, 0.15) is 0 Å². The normalized spacial score (nSPS) is 7.43. The van der Waals surface area contributed by atoms with Gasteiger partial charge in [0.2, 0.25) is 0 Å². The van der Waals surface area contributed by atoms with Crippen LogP contribution in [-0.2, 0) is 0 Å². The fourth-order valence-corrected chi connectivity index (χ4v) is 0.516. The van der Waals surface area contributed by atoms with Crippen molar-refractivity contribution in [2.75, 3.05) is 5.73 Å². The van der Waals surface area contributed by atoms with Crippen molar-refractivity contribution in [2.24, 2.45) is 0 Å². The first-order valence-electron chi connectivity index (χ1n) is 1.42. The molecule has 7 heavy (non-hydrogen) atoms. The molecule has 1 heterocycles. The first-order chi connectivity index (χ1) is 2.89. The number of hydrogen-bond acceptors (Lipinski definition) is 4. The van der Waals surface area contributed by atoms with Gasteiger partial charge in [-0.3, -0.25) is 0 Å². The monoisotopic (exact) mass is 137 g/mol. The summed E-state index contributed by atoms with van der Waals surface area (Å²) in [5.74, 6) is 0.500. The van der Waals surface area contributed by atoms with E-state index in [1.165, 1.54) is 11.5 Å². The predicted octanol–water partition coefficient (Wildman–Crippen LogP) is 0.542. The maximum Gasteiger partial charge on any atom is 0.158 e. The van der Waals surface area contributed by atoms with E-state index in [-0.39, 0.29) is 12.4 Å². The Hall–Kier alpha value is -0.350. The van der Waals surface area contributed by atoms with Crippen molar-refractivity contribution in [3.05, 3.63) is 5.38 Å². The molecule has 5 heteroatoms. The average molecular weight is 138 g/mol. The molecule has 1 aromatic rings. The van der Waals surface area contributed by atoms with E-state index in [1.54, 1.807) is 5.38 Å². The summed E-state index contributed by atoms with van der Waals surface area (Å²) in [6, 6.07) is 0. The summed E-state index contributed by atoms with van der Waals surface area (Å²) < 4.78 is 3.49. The smallest absolute Gasteiger partial charge is 0.158 e. The molecule has 1 aromatic heterocycles. The molecular weight excluding hydrogens is 134 g/mol.